The van der Waals surface area contributed by atoms with Crippen molar-refractivity contribution in [3.63, 3.8) is 0 Å². The molecule has 0 saturated carbocycles. The number of carbonyl (C=O) groups excluding carboxylic acids is 1. The first-order valence-corrected chi connectivity index (χ1v) is 11.6. The van der Waals surface area contributed by atoms with Gasteiger partial charge < -0.3 is 5.32 Å². The maximum absolute atomic E-state index is 12.6. The maximum atomic E-state index is 12.6. The number of piperazine rings is 1. The van der Waals surface area contributed by atoms with Crippen LogP contribution in [0.4, 0.5) is 0 Å². The number of rotatable bonds is 7. The molecule has 31 heavy (non-hydrogen) atoms. The Morgan fingerprint density at radius 2 is 1.52 bits per heavy atom. The van der Waals surface area contributed by atoms with Crippen molar-refractivity contribution in [2.45, 2.75) is 38.9 Å². The average Bonchev–Trinajstić information content (AvgIpc) is 2.79. The summed E-state index contributed by atoms with van der Waals surface area (Å²) in [6.45, 7) is 12.6. The first kappa shape index (κ1) is 22.0. The third-order valence-electron chi connectivity index (χ3n) is 6.79. The minimum absolute atomic E-state index is 0.0580. The van der Waals surface area contributed by atoms with E-state index in [0.717, 1.165) is 52.2 Å². The van der Waals surface area contributed by atoms with Crippen molar-refractivity contribution in [2.75, 3.05) is 45.8 Å². The van der Waals surface area contributed by atoms with Gasteiger partial charge in [0.2, 0.25) is 5.91 Å². The molecule has 0 aromatic heterocycles. The van der Waals surface area contributed by atoms with Gasteiger partial charge in [-0.05, 0) is 37.0 Å². The van der Waals surface area contributed by atoms with Crippen LogP contribution in [0.25, 0.3) is 0 Å². The first-order valence-electron chi connectivity index (χ1n) is 11.6. The summed E-state index contributed by atoms with van der Waals surface area (Å²) in [4.78, 5) is 19.9. The van der Waals surface area contributed by atoms with E-state index in [1.54, 1.807) is 0 Å². The van der Waals surface area contributed by atoms with Gasteiger partial charge in [0.1, 0.15) is 0 Å². The van der Waals surface area contributed by atoms with Gasteiger partial charge in [0.05, 0.1) is 6.54 Å². The van der Waals surface area contributed by atoms with Crippen molar-refractivity contribution in [2.24, 2.45) is 0 Å². The molecule has 0 atom stereocenters. The monoisotopic (exact) mass is 420 g/mol. The standard InChI is InChI=1S/C26H36N4O/c1-26(2,30-13-12-23-10-6-7-11-24(23)19-30)21-27-25(31)20-29-16-14-28(15-17-29)18-22-8-4-3-5-9-22/h3-11H,12-21H2,1-2H3,(H,27,31). The summed E-state index contributed by atoms with van der Waals surface area (Å²) in [5.41, 5.74) is 4.18. The number of hydrogen-bond donors (Lipinski definition) is 1. The van der Waals surface area contributed by atoms with E-state index in [2.05, 4.69) is 88.5 Å². The van der Waals surface area contributed by atoms with Crippen LogP contribution in [-0.4, -0.2) is 72.0 Å². The van der Waals surface area contributed by atoms with Crippen molar-refractivity contribution < 1.29 is 4.79 Å². The second-order valence-corrected chi connectivity index (χ2v) is 9.57. The Morgan fingerprint density at radius 3 is 2.26 bits per heavy atom. The van der Waals surface area contributed by atoms with Gasteiger partial charge >= 0.3 is 0 Å². The van der Waals surface area contributed by atoms with Gasteiger partial charge in [-0.3, -0.25) is 19.5 Å². The molecule has 2 aromatic rings. The molecule has 0 aliphatic carbocycles. The lowest BCUT2D eigenvalue weighted by atomic mass is 9.94. The Kier molecular flexibility index (Phi) is 7.06. The largest absolute Gasteiger partial charge is 0.353 e. The summed E-state index contributed by atoms with van der Waals surface area (Å²) in [6.07, 6.45) is 1.08. The highest BCUT2D eigenvalue weighted by Gasteiger charge is 2.30. The number of carbonyl (C=O) groups is 1. The highest BCUT2D eigenvalue weighted by molar-refractivity contribution is 5.78. The second-order valence-electron chi connectivity index (χ2n) is 9.57. The summed E-state index contributed by atoms with van der Waals surface area (Å²) in [6, 6.07) is 19.3. The van der Waals surface area contributed by atoms with E-state index >= 15 is 0 Å². The molecule has 0 bridgehead atoms. The quantitative estimate of drug-likeness (QED) is 0.748. The summed E-state index contributed by atoms with van der Waals surface area (Å²) in [7, 11) is 0. The molecule has 1 saturated heterocycles. The lowest BCUT2D eigenvalue weighted by molar-refractivity contribution is -0.123. The normalized spacial score (nSPS) is 18.5. The maximum Gasteiger partial charge on any atom is 0.234 e. The molecule has 5 heteroatoms. The predicted molar refractivity (Wildman–Crippen MR) is 126 cm³/mol. The molecule has 1 fully saturated rings. The topological polar surface area (TPSA) is 38.8 Å². The molecule has 4 rings (SSSR count). The van der Waals surface area contributed by atoms with Crippen LogP contribution < -0.4 is 5.32 Å². The number of nitrogens with one attached hydrogen (secondary N) is 1. The summed E-state index contributed by atoms with van der Waals surface area (Å²) >= 11 is 0. The zero-order valence-electron chi connectivity index (χ0n) is 19.0. The van der Waals surface area contributed by atoms with Gasteiger partial charge in [-0.2, -0.15) is 0 Å². The smallest absolute Gasteiger partial charge is 0.234 e. The fraction of sp³-hybridized carbons (Fsp3) is 0.500. The molecule has 0 radical (unpaired) electrons. The predicted octanol–water partition coefficient (Wildman–Crippen LogP) is 2.76. The summed E-state index contributed by atoms with van der Waals surface area (Å²) in [5.74, 6) is 0.141. The zero-order valence-corrected chi connectivity index (χ0v) is 19.0. The minimum atomic E-state index is -0.0580. The van der Waals surface area contributed by atoms with E-state index < -0.39 is 0 Å². The molecule has 2 aromatic carbocycles. The van der Waals surface area contributed by atoms with Crippen molar-refractivity contribution in [1.29, 1.82) is 0 Å². The third kappa shape index (κ3) is 5.94. The van der Waals surface area contributed by atoms with E-state index in [4.69, 9.17) is 0 Å². The third-order valence-corrected chi connectivity index (χ3v) is 6.79. The molecule has 2 heterocycles. The fourth-order valence-corrected chi connectivity index (χ4v) is 4.65. The number of benzene rings is 2. The number of hydrogen-bond acceptors (Lipinski definition) is 4. The van der Waals surface area contributed by atoms with Crippen molar-refractivity contribution in [3.8, 4) is 0 Å². The van der Waals surface area contributed by atoms with Gasteiger partial charge in [-0.15, -0.1) is 0 Å². The minimum Gasteiger partial charge on any atom is -0.353 e. The molecule has 5 nitrogen and oxygen atoms in total. The SMILES string of the molecule is CC(C)(CNC(=O)CN1CCN(Cc2ccccc2)CC1)N1CCc2ccccc2C1. The Labute approximate surface area is 187 Å². The van der Waals surface area contributed by atoms with E-state index in [9.17, 15) is 4.79 Å². The van der Waals surface area contributed by atoms with Crippen LogP contribution in [0.1, 0.15) is 30.5 Å². The van der Waals surface area contributed by atoms with Crippen LogP contribution in [0.15, 0.2) is 54.6 Å². The molecular weight excluding hydrogens is 384 g/mol. The van der Waals surface area contributed by atoms with Gasteiger partial charge in [0.25, 0.3) is 0 Å². The lowest BCUT2D eigenvalue weighted by Crippen LogP contribution is -2.55. The van der Waals surface area contributed by atoms with Crippen molar-refractivity contribution >= 4 is 5.91 Å². The molecular formula is C26H36N4O. The fourth-order valence-electron chi connectivity index (χ4n) is 4.65. The van der Waals surface area contributed by atoms with Crippen LogP contribution in [0.2, 0.25) is 0 Å². The summed E-state index contributed by atoms with van der Waals surface area (Å²) in [5, 5.41) is 3.21. The van der Waals surface area contributed by atoms with Crippen LogP contribution >= 0.6 is 0 Å². The van der Waals surface area contributed by atoms with Crippen LogP contribution in [-0.2, 0) is 24.3 Å². The molecule has 166 valence electrons. The highest BCUT2D eigenvalue weighted by Crippen LogP contribution is 2.24. The van der Waals surface area contributed by atoms with E-state index in [1.165, 1.54) is 16.7 Å². The average molecular weight is 421 g/mol. The lowest BCUT2D eigenvalue weighted by Gasteiger charge is -2.42. The van der Waals surface area contributed by atoms with Gasteiger partial charge in [0, 0.05) is 57.9 Å². The Hall–Kier alpha value is -2.21. The molecule has 2 aliphatic rings. The first-order chi connectivity index (χ1) is 15.0. The number of nitrogens with zero attached hydrogens (tertiary/aromatic N) is 3. The van der Waals surface area contributed by atoms with E-state index in [-0.39, 0.29) is 11.4 Å². The van der Waals surface area contributed by atoms with E-state index in [1.807, 2.05) is 0 Å². The van der Waals surface area contributed by atoms with Gasteiger partial charge in [0.15, 0.2) is 0 Å². The molecule has 1 N–H and O–H groups in total. The van der Waals surface area contributed by atoms with Crippen LogP contribution in [0, 0.1) is 0 Å². The molecule has 0 unspecified atom stereocenters. The van der Waals surface area contributed by atoms with Crippen LogP contribution in [0.3, 0.4) is 0 Å². The second kappa shape index (κ2) is 9.94. The van der Waals surface area contributed by atoms with Crippen LogP contribution in [0.5, 0.6) is 0 Å². The molecule has 0 spiro atoms. The molecule has 1 amide bonds. The Morgan fingerprint density at radius 1 is 0.871 bits per heavy atom. The van der Waals surface area contributed by atoms with Gasteiger partial charge in [-0.25, -0.2) is 0 Å². The highest BCUT2D eigenvalue weighted by atomic mass is 16.2. The van der Waals surface area contributed by atoms with E-state index in [0.29, 0.717) is 13.1 Å². The Balaban J connectivity index is 1.19. The van der Waals surface area contributed by atoms with Crippen molar-refractivity contribution in [3.05, 3.63) is 71.3 Å². The van der Waals surface area contributed by atoms with Crippen molar-refractivity contribution in [1.82, 2.24) is 20.0 Å². The zero-order chi connectivity index (χ0) is 21.7. The molecule has 2 aliphatic heterocycles. The number of amides is 1. The summed E-state index contributed by atoms with van der Waals surface area (Å²) < 4.78 is 0. The van der Waals surface area contributed by atoms with Gasteiger partial charge in [-0.1, -0.05) is 54.6 Å². The number of fused-ring (bicyclic) bond motifs is 1. The Bertz CT molecular complexity index is 859.